The number of aryl methyl sites for hydroxylation is 2. The number of primary amides is 1. The van der Waals surface area contributed by atoms with E-state index in [1.54, 1.807) is 4.68 Å². The number of pyridine rings is 1. The number of amides is 2. The normalized spacial score (nSPS) is 15.1. The zero-order valence-electron chi connectivity index (χ0n) is 19.2. The molecule has 0 aliphatic heterocycles. The molecule has 1 saturated carbocycles. The van der Waals surface area contributed by atoms with Gasteiger partial charge in [0.2, 0.25) is 0 Å². The number of benzene rings is 1. The molecular formula is C23H28FN7O3. The van der Waals surface area contributed by atoms with Crippen molar-refractivity contribution >= 4 is 40.2 Å². The van der Waals surface area contributed by atoms with Crippen LogP contribution < -0.4 is 21.7 Å². The molecule has 1 aliphatic rings. The minimum absolute atomic E-state index is 0.0753. The molecule has 1 fully saturated rings. The number of fused-ring (bicyclic) bond motifs is 1. The predicted molar refractivity (Wildman–Crippen MR) is 127 cm³/mol. The van der Waals surface area contributed by atoms with Gasteiger partial charge in [-0.3, -0.25) is 9.48 Å². The predicted octanol–water partition coefficient (Wildman–Crippen LogP) is 3.50. The van der Waals surface area contributed by atoms with Gasteiger partial charge in [-0.15, -0.1) is 0 Å². The van der Waals surface area contributed by atoms with Gasteiger partial charge in [0.1, 0.15) is 5.82 Å². The third kappa shape index (κ3) is 4.73. The van der Waals surface area contributed by atoms with Crippen LogP contribution in [0.2, 0.25) is 0 Å². The first kappa shape index (κ1) is 23.3. The van der Waals surface area contributed by atoms with E-state index in [2.05, 4.69) is 26.0 Å². The van der Waals surface area contributed by atoms with Gasteiger partial charge in [0.25, 0.3) is 5.91 Å². The highest BCUT2D eigenvalue weighted by Crippen LogP contribution is 2.37. The van der Waals surface area contributed by atoms with Gasteiger partial charge in [0.05, 0.1) is 28.9 Å². The molecule has 6 N–H and O–H groups in total. The lowest BCUT2D eigenvalue weighted by Gasteiger charge is -2.28. The van der Waals surface area contributed by atoms with Crippen molar-refractivity contribution in [2.45, 2.75) is 45.2 Å². The first-order valence-electron chi connectivity index (χ1n) is 11.1. The number of rotatable bonds is 9. The van der Waals surface area contributed by atoms with Crippen molar-refractivity contribution in [1.82, 2.24) is 20.1 Å². The zero-order chi connectivity index (χ0) is 24.6. The van der Waals surface area contributed by atoms with E-state index in [0.717, 1.165) is 35.5 Å². The van der Waals surface area contributed by atoms with Crippen LogP contribution in [-0.4, -0.2) is 44.0 Å². The Morgan fingerprint density at radius 3 is 2.65 bits per heavy atom. The number of carbonyl (C=O) groups is 2. The number of nitrogens with one attached hydrogen (secondary N) is 3. The zero-order valence-corrected chi connectivity index (χ0v) is 19.2. The van der Waals surface area contributed by atoms with Crippen LogP contribution >= 0.6 is 0 Å². The van der Waals surface area contributed by atoms with Crippen molar-refractivity contribution in [3.63, 3.8) is 0 Å². The Bertz CT molecular complexity index is 1260. The third-order valence-electron chi connectivity index (χ3n) is 6.15. The number of carboxylic acid groups (broad SMARTS) is 1. The minimum Gasteiger partial charge on any atom is -0.465 e. The fraction of sp³-hybridized carbons (Fsp3) is 0.391. The average Bonchev–Trinajstić information content (AvgIpc) is 3.58. The molecule has 4 rings (SSSR count). The summed E-state index contributed by atoms with van der Waals surface area (Å²) in [6, 6.07) is 5.85. The van der Waals surface area contributed by atoms with Crippen molar-refractivity contribution < 1.29 is 19.1 Å². The van der Waals surface area contributed by atoms with Crippen molar-refractivity contribution in [3.05, 3.63) is 41.3 Å². The highest BCUT2D eigenvalue weighted by molar-refractivity contribution is 5.99. The SMILES string of the molecule is CC[C@H](NC(=O)O)[C@H](Nc1nc(Nc2ccc3c(c2)c(C)nn3C)c(C(N)=O)cc1F)C1CC1. The molecule has 2 heterocycles. The summed E-state index contributed by atoms with van der Waals surface area (Å²) in [5.74, 6) is -1.34. The Labute approximate surface area is 195 Å². The molecule has 1 aliphatic carbocycles. The molecule has 2 amide bonds. The van der Waals surface area contributed by atoms with Crippen molar-refractivity contribution in [2.24, 2.45) is 18.7 Å². The number of carbonyl (C=O) groups excluding carboxylic acids is 1. The van der Waals surface area contributed by atoms with Gasteiger partial charge in [-0.05, 0) is 56.4 Å². The summed E-state index contributed by atoms with van der Waals surface area (Å²) in [4.78, 5) is 27.6. The van der Waals surface area contributed by atoms with E-state index in [1.165, 1.54) is 0 Å². The molecule has 180 valence electrons. The second-order valence-electron chi connectivity index (χ2n) is 8.62. The summed E-state index contributed by atoms with van der Waals surface area (Å²) in [6.07, 6.45) is 1.20. The molecule has 34 heavy (non-hydrogen) atoms. The topological polar surface area (TPSA) is 147 Å². The maximum absolute atomic E-state index is 15.0. The molecule has 0 bridgehead atoms. The van der Waals surface area contributed by atoms with Crippen LogP contribution in [0.15, 0.2) is 24.3 Å². The summed E-state index contributed by atoms with van der Waals surface area (Å²) >= 11 is 0. The Balaban J connectivity index is 1.68. The number of anilines is 3. The van der Waals surface area contributed by atoms with Crippen LogP contribution in [0, 0.1) is 18.7 Å². The monoisotopic (exact) mass is 469 g/mol. The maximum Gasteiger partial charge on any atom is 0.404 e. The lowest BCUT2D eigenvalue weighted by atomic mass is 10.0. The summed E-state index contributed by atoms with van der Waals surface area (Å²) in [7, 11) is 1.85. The molecule has 0 spiro atoms. The number of nitrogens with zero attached hydrogens (tertiary/aromatic N) is 3. The highest BCUT2D eigenvalue weighted by Gasteiger charge is 2.37. The van der Waals surface area contributed by atoms with Gasteiger partial charge in [-0.1, -0.05) is 6.92 Å². The van der Waals surface area contributed by atoms with E-state index in [-0.39, 0.29) is 29.2 Å². The van der Waals surface area contributed by atoms with Crippen LogP contribution in [0.5, 0.6) is 0 Å². The first-order valence-corrected chi connectivity index (χ1v) is 11.1. The molecule has 2 atom stereocenters. The smallest absolute Gasteiger partial charge is 0.404 e. The summed E-state index contributed by atoms with van der Waals surface area (Å²) in [5, 5.41) is 23.2. The van der Waals surface area contributed by atoms with E-state index >= 15 is 0 Å². The number of nitrogens with two attached hydrogens (primary N) is 1. The van der Waals surface area contributed by atoms with Crippen LogP contribution in [0.3, 0.4) is 0 Å². The minimum atomic E-state index is -1.14. The van der Waals surface area contributed by atoms with E-state index in [0.29, 0.717) is 12.1 Å². The average molecular weight is 470 g/mol. The lowest BCUT2D eigenvalue weighted by molar-refractivity contribution is 0.1000. The van der Waals surface area contributed by atoms with Crippen LogP contribution in [-0.2, 0) is 7.05 Å². The molecule has 11 heteroatoms. The second-order valence-corrected chi connectivity index (χ2v) is 8.62. The van der Waals surface area contributed by atoms with E-state index in [9.17, 15) is 19.1 Å². The summed E-state index contributed by atoms with van der Waals surface area (Å²) in [6.45, 7) is 3.76. The van der Waals surface area contributed by atoms with Gasteiger partial charge >= 0.3 is 6.09 Å². The van der Waals surface area contributed by atoms with Gasteiger partial charge in [0, 0.05) is 18.1 Å². The summed E-state index contributed by atoms with van der Waals surface area (Å²) in [5.41, 5.74) is 7.82. The first-order chi connectivity index (χ1) is 16.2. The molecule has 10 nitrogen and oxygen atoms in total. The van der Waals surface area contributed by atoms with E-state index in [1.807, 2.05) is 39.1 Å². The molecule has 0 radical (unpaired) electrons. The van der Waals surface area contributed by atoms with E-state index in [4.69, 9.17) is 5.73 Å². The lowest BCUT2D eigenvalue weighted by Crippen LogP contribution is -2.47. The molecular weight excluding hydrogens is 441 g/mol. The fourth-order valence-electron chi connectivity index (χ4n) is 4.29. The Kier molecular flexibility index (Phi) is 6.27. The summed E-state index contributed by atoms with van der Waals surface area (Å²) < 4.78 is 16.7. The quantitative estimate of drug-likeness (QED) is 0.322. The van der Waals surface area contributed by atoms with Crippen molar-refractivity contribution in [2.75, 3.05) is 10.6 Å². The molecule has 3 aromatic rings. The van der Waals surface area contributed by atoms with Crippen molar-refractivity contribution in [1.29, 1.82) is 0 Å². The van der Waals surface area contributed by atoms with Gasteiger partial charge < -0.3 is 26.8 Å². The Hall–Kier alpha value is -3.89. The largest absolute Gasteiger partial charge is 0.465 e. The molecule has 0 saturated heterocycles. The number of halogens is 1. The fourth-order valence-corrected chi connectivity index (χ4v) is 4.29. The van der Waals surface area contributed by atoms with Crippen LogP contribution in [0.1, 0.15) is 42.2 Å². The Morgan fingerprint density at radius 2 is 2.03 bits per heavy atom. The van der Waals surface area contributed by atoms with Crippen molar-refractivity contribution in [3.8, 4) is 0 Å². The maximum atomic E-state index is 15.0. The standard InChI is InChI=1S/C23H28FN7O3/c1-4-17(27-23(33)34)19(12-5-6-12)28-22-16(24)10-15(20(25)32)21(29-22)26-13-7-8-18-14(9-13)11(2)30-31(18)3/h7-10,12,17,19,27H,4-6H2,1-3H3,(H2,25,32)(H,33,34)(H2,26,28,29)/t17-,19+/m0/s1. The van der Waals surface area contributed by atoms with Gasteiger partial charge in [-0.25, -0.2) is 14.2 Å². The number of hydrogen-bond acceptors (Lipinski definition) is 6. The number of hydrogen-bond donors (Lipinski definition) is 5. The van der Waals surface area contributed by atoms with Crippen LogP contribution in [0.25, 0.3) is 10.9 Å². The number of aromatic nitrogens is 3. The molecule has 1 aromatic carbocycles. The van der Waals surface area contributed by atoms with Gasteiger partial charge in [0.15, 0.2) is 11.6 Å². The van der Waals surface area contributed by atoms with E-state index < -0.39 is 23.9 Å². The highest BCUT2D eigenvalue weighted by atomic mass is 19.1. The molecule has 0 unspecified atom stereocenters. The third-order valence-corrected chi connectivity index (χ3v) is 6.15. The van der Waals surface area contributed by atoms with Crippen LogP contribution in [0.4, 0.5) is 26.5 Å². The molecule has 2 aromatic heterocycles. The van der Waals surface area contributed by atoms with Gasteiger partial charge in [-0.2, -0.15) is 5.10 Å². The second kappa shape index (κ2) is 9.16. The Morgan fingerprint density at radius 1 is 1.29 bits per heavy atom.